The van der Waals surface area contributed by atoms with E-state index in [9.17, 15) is 15.0 Å². The summed E-state index contributed by atoms with van der Waals surface area (Å²) < 4.78 is 12.7. The van der Waals surface area contributed by atoms with E-state index < -0.39 is 22.9 Å². The molecule has 0 aromatic heterocycles. The molecule has 4 rings (SSSR count). The standard InChI is InChI=1S/C30H44O5/c1-19(2)23-11-13-28(5,32)25(23)10-9-20(3)16-22-17-30-26(8-7-15-34-27(30)35-22)24(21(4)18-31)12-14-29(30,6)33/h9-10,16,18,22-23,25-27,32-33H,1,7-8,11-15,17H2,2-6H3/b10-9+,20-16+,24-21+/t22-,23+,25+,26-,27-,28+,29+,30+/m1/s1. The highest BCUT2D eigenvalue weighted by Gasteiger charge is 2.65. The fourth-order valence-corrected chi connectivity index (χ4v) is 7.48. The first-order valence-corrected chi connectivity index (χ1v) is 13.3. The predicted octanol–water partition coefficient (Wildman–Crippen LogP) is 5.43. The molecule has 8 atom stereocenters. The molecule has 5 heteroatoms. The third-order valence-corrected chi connectivity index (χ3v) is 9.54. The molecular formula is C30H44O5. The number of aldehydes is 1. The van der Waals surface area contributed by atoms with Crippen LogP contribution in [0.2, 0.25) is 0 Å². The van der Waals surface area contributed by atoms with Crippen molar-refractivity contribution in [3.8, 4) is 0 Å². The minimum atomic E-state index is -0.942. The van der Waals surface area contributed by atoms with Gasteiger partial charge in [0.15, 0.2) is 6.29 Å². The second kappa shape index (κ2) is 9.74. The molecule has 0 radical (unpaired) electrons. The Morgan fingerprint density at radius 3 is 2.57 bits per heavy atom. The Labute approximate surface area is 211 Å². The van der Waals surface area contributed by atoms with Crippen LogP contribution in [0.3, 0.4) is 0 Å². The van der Waals surface area contributed by atoms with E-state index in [1.807, 2.05) is 27.7 Å². The van der Waals surface area contributed by atoms with Crippen LogP contribution in [0.1, 0.15) is 79.6 Å². The number of hydrogen-bond acceptors (Lipinski definition) is 5. The number of rotatable bonds is 5. The van der Waals surface area contributed by atoms with Gasteiger partial charge in [0.1, 0.15) is 6.29 Å². The molecule has 35 heavy (non-hydrogen) atoms. The van der Waals surface area contributed by atoms with Crippen LogP contribution in [0.4, 0.5) is 0 Å². The number of hydrogen-bond donors (Lipinski definition) is 2. The molecule has 5 nitrogen and oxygen atoms in total. The molecule has 0 aromatic carbocycles. The molecule has 0 bridgehead atoms. The Kier molecular flexibility index (Phi) is 7.38. The predicted molar refractivity (Wildman–Crippen MR) is 138 cm³/mol. The summed E-state index contributed by atoms with van der Waals surface area (Å²) in [5, 5.41) is 22.6. The van der Waals surface area contributed by atoms with Gasteiger partial charge >= 0.3 is 0 Å². The molecule has 194 valence electrons. The molecule has 4 fully saturated rings. The zero-order valence-corrected chi connectivity index (χ0v) is 22.2. The van der Waals surface area contributed by atoms with Crippen molar-refractivity contribution in [3.63, 3.8) is 0 Å². The van der Waals surface area contributed by atoms with Crippen molar-refractivity contribution in [2.24, 2.45) is 23.2 Å². The monoisotopic (exact) mass is 484 g/mol. The average Bonchev–Trinajstić information content (AvgIpc) is 3.23. The van der Waals surface area contributed by atoms with Crippen LogP contribution in [-0.4, -0.2) is 46.7 Å². The molecule has 2 saturated carbocycles. The molecule has 4 aliphatic rings. The first-order valence-electron chi connectivity index (χ1n) is 13.3. The van der Waals surface area contributed by atoms with Gasteiger partial charge in [-0.2, -0.15) is 0 Å². The maximum Gasteiger partial charge on any atom is 0.167 e. The minimum absolute atomic E-state index is 0.0448. The van der Waals surface area contributed by atoms with Crippen molar-refractivity contribution in [1.82, 2.24) is 0 Å². The van der Waals surface area contributed by atoms with Gasteiger partial charge in [0.25, 0.3) is 0 Å². The van der Waals surface area contributed by atoms with Crippen LogP contribution in [0.5, 0.6) is 0 Å². The van der Waals surface area contributed by atoms with Gasteiger partial charge in [-0.05, 0) is 97.0 Å². The largest absolute Gasteiger partial charge is 0.390 e. The summed E-state index contributed by atoms with van der Waals surface area (Å²) in [6.07, 6.45) is 12.1. The zero-order valence-electron chi connectivity index (χ0n) is 22.2. The van der Waals surface area contributed by atoms with E-state index in [-0.39, 0.29) is 17.9 Å². The summed E-state index contributed by atoms with van der Waals surface area (Å²) in [7, 11) is 0. The van der Waals surface area contributed by atoms with E-state index in [2.05, 4.69) is 31.7 Å². The first-order chi connectivity index (χ1) is 16.4. The highest BCUT2D eigenvalue weighted by atomic mass is 16.7. The highest BCUT2D eigenvalue weighted by Crippen LogP contribution is 2.62. The van der Waals surface area contributed by atoms with Crippen molar-refractivity contribution in [3.05, 3.63) is 47.1 Å². The number of aliphatic hydroxyl groups is 2. The first kappa shape index (κ1) is 26.5. The summed E-state index contributed by atoms with van der Waals surface area (Å²) in [6, 6.07) is 0. The van der Waals surface area contributed by atoms with Gasteiger partial charge in [-0.15, -0.1) is 0 Å². The Bertz CT molecular complexity index is 938. The van der Waals surface area contributed by atoms with Crippen molar-refractivity contribution >= 4 is 6.29 Å². The van der Waals surface area contributed by atoms with E-state index in [1.54, 1.807) is 0 Å². The van der Waals surface area contributed by atoms with Gasteiger partial charge in [-0.1, -0.05) is 41.5 Å². The van der Waals surface area contributed by atoms with E-state index in [0.29, 0.717) is 25.4 Å². The van der Waals surface area contributed by atoms with E-state index in [1.165, 1.54) is 5.57 Å². The van der Waals surface area contributed by atoms with E-state index in [4.69, 9.17) is 9.47 Å². The summed E-state index contributed by atoms with van der Waals surface area (Å²) in [5.74, 6) is 0.409. The third kappa shape index (κ3) is 4.66. The van der Waals surface area contributed by atoms with Crippen LogP contribution in [-0.2, 0) is 14.3 Å². The van der Waals surface area contributed by atoms with Crippen LogP contribution in [0.15, 0.2) is 47.1 Å². The molecule has 2 N–H and O–H groups in total. The van der Waals surface area contributed by atoms with Crippen LogP contribution >= 0.6 is 0 Å². The van der Waals surface area contributed by atoms with Crippen molar-refractivity contribution in [2.75, 3.05) is 6.61 Å². The molecule has 1 spiro atoms. The van der Waals surface area contributed by atoms with Gasteiger partial charge in [0, 0.05) is 12.5 Å². The Morgan fingerprint density at radius 2 is 1.89 bits per heavy atom. The molecule has 0 unspecified atom stereocenters. The van der Waals surface area contributed by atoms with Crippen molar-refractivity contribution in [1.29, 1.82) is 0 Å². The molecule has 2 saturated heterocycles. The Hall–Kier alpha value is -1.53. The lowest BCUT2D eigenvalue weighted by Crippen LogP contribution is -2.58. The lowest BCUT2D eigenvalue weighted by molar-refractivity contribution is -0.230. The molecule has 2 heterocycles. The average molecular weight is 485 g/mol. The van der Waals surface area contributed by atoms with Gasteiger partial charge in [-0.25, -0.2) is 0 Å². The van der Waals surface area contributed by atoms with Crippen LogP contribution in [0, 0.1) is 23.2 Å². The lowest BCUT2D eigenvalue weighted by Gasteiger charge is -2.53. The van der Waals surface area contributed by atoms with Gasteiger partial charge in [-0.3, -0.25) is 4.79 Å². The summed E-state index contributed by atoms with van der Waals surface area (Å²) in [5.41, 5.74) is 1.90. The fourth-order valence-electron chi connectivity index (χ4n) is 7.48. The maximum absolute atomic E-state index is 11.7. The minimum Gasteiger partial charge on any atom is -0.390 e. The Balaban J connectivity index is 1.61. The number of allylic oxidation sites excluding steroid dienone is 5. The van der Waals surface area contributed by atoms with Crippen molar-refractivity contribution < 1.29 is 24.5 Å². The fraction of sp³-hybridized carbons (Fsp3) is 0.700. The molecule has 2 aliphatic heterocycles. The number of carbonyl (C=O) groups is 1. The molecule has 0 aromatic rings. The molecule has 0 amide bonds. The smallest absolute Gasteiger partial charge is 0.167 e. The van der Waals surface area contributed by atoms with Gasteiger partial charge in [0.05, 0.1) is 22.7 Å². The molecule has 2 aliphatic carbocycles. The van der Waals surface area contributed by atoms with Gasteiger partial charge < -0.3 is 19.7 Å². The quantitative estimate of drug-likeness (QED) is 0.236. The summed E-state index contributed by atoms with van der Waals surface area (Å²) in [4.78, 5) is 11.7. The number of carbonyl (C=O) groups excluding carboxylic acids is 1. The SMILES string of the molecule is C=C(C)[C@@H]1CC[C@](C)(O)[C@H]1/C=C/C(C)=C/[C@@H]1C[C@@]23[C@H](OCCC[C@@H]2/C(=C(\C)C=O)CC[C@]3(C)O)O1. The second-order valence-electron chi connectivity index (χ2n) is 12.1. The van der Waals surface area contributed by atoms with Gasteiger partial charge in [0.2, 0.25) is 0 Å². The summed E-state index contributed by atoms with van der Waals surface area (Å²) >= 11 is 0. The second-order valence-corrected chi connectivity index (χ2v) is 12.1. The highest BCUT2D eigenvalue weighted by molar-refractivity contribution is 5.74. The van der Waals surface area contributed by atoms with Crippen LogP contribution in [0.25, 0.3) is 0 Å². The molecular weight excluding hydrogens is 440 g/mol. The van der Waals surface area contributed by atoms with Crippen LogP contribution < -0.4 is 0 Å². The normalized spacial score (nSPS) is 45.7. The van der Waals surface area contributed by atoms with E-state index >= 15 is 0 Å². The maximum atomic E-state index is 11.7. The number of ether oxygens (including phenoxy) is 2. The lowest BCUT2D eigenvalue weighted by atomic mass is 9.53. The third-order valence-electron chi connectivity index (χ3n) is 9.54. The summed E-state index contributed by atoms with van der Waals surface area (Å²) in [6.45, 7) is 14.6. The van der Waals surface area contributed by atoms with E-state index in [0.717, 1.165) is 55.1 Å². The Morgan fingerprint density at radius 1 is 1.14 bits per heavy atom. The van der Waals surface area contributed by atoms with Crippen molar-refractivity contribution in [2.45, 2.75) is 103 Å². The zero-order chi connectivity index (χ0) is 25.6. The topological polar surface area (TPSA) is 76.0 Å².